The average molecular weight is 209 g/mol. The van der Waals surface area contributed by atoms with Crippen LogP contribution in [0.2, 0.25) is 0 Å². The topological polar surface area (TPSA) is 60.2 Å². The van der Waals surface area contributed by atoms with E-state index in [4.69, 9.17) is 0 Å². The van der Waals surface area contributed by atoms with Crippen molar-refractivity contribution in [2.24, 2.45) is 0 Å². The molecule has 0 amide bonds. The molecule has 1 aliphatic rings. The summed E-state index contributed by atoms with van der Waals surface area (Å²) < 4.78 is 0. The van der Waals surface area contributed by atoms with Gasteiger partial charge in [0.15, 0.2) is 5.78 Å². The summed E-state index contributed by atoms with van der Waals surface area (Å²) in [5, 5.41) is 11.1. The maximum Gasteiger partial charge on any atom is 0.262 e. The summed E-state index contributed by atoms with van der Waals surface area (Å²) in [6.45, 7) is 8.17. The Bertz CT molecular complexity index is 388. The number of hydrogen-bond donors (Lipinski definition) is 0. The highest BCUT2D eigenvalue weighted by Gasteiger charge is 2.47. The predicted octanol–water partition coefficient (Wildman–Crippen LogP) is 2.28. The number of nitro groups is 1. The first-order valence-electron chi connectivity index (χ1n) is 4.79. The Morgan fingerprint density at radius 1 is 1.07 bits per heavy atom. The highest BCUT2D eigenvalue weighted by Crippen LogP contribution is 2.37. The zero-order valence-electron chi connectivity index (χ0n) is 9.67. The van der Waals surface area contributed by atoms with Crippen LogP contribution in [0, 0.1) is 10.1 Å². The fraction of sp³-hybridized carbons (Fsp3) is 0.545. The van der Waals surface area contributed by atoms with E-state index >= 15 is 0 Å². The van der Waals surface area contributed by atoms with Gasteiger partial charge in [-0.3, -0.25) is 14.9 Å². The number of nitrogens with zero attached hydrogens (tertiary/aromatic N) is 1. The van der Waals surface area contributed by atoms with Crippen molar-refractivity contribution in [2.75, 3.05) is 0 Å². The van der Waals surface area contributed by atoms with Gasteiger partial charge in [0, 0.05) is 34.1 Å². The number of hydrogen-bond acceptors (Lipinski definition) is 3. The van der Waals surface area contributed by atoms with E-state index in [1.165, 1.54) is 0 Å². The molecule has 0 bridgehead atoms. The van der Waals surface area contributed by atoms with Crippen LogP contribution in [0.15, 0.2) is 22.3 Å². The Morgan fingerprint density at radius 2 is 1.40 bits per heavy atom. The second-order valence-corrected chi connectivity index (χ2v) is 4.16. The number of allylic oxidation sites excluding steroid dienone is 2. The van der Waals surface area contributed by atoms with E-state index < -0.39 is 5.54 Å². The third-order valence-corrected chi connectivity index (χ3v) is 3.63. The number of rotatable bonds is 1. The van der Waals surface area contributed by atoms with E-state index in [-0.39, 0.29) is 10.7 Å². The number of carbonyl (C=O) groups is 1. The van der Waals surface area contributed by atoms with Gasteiger partial charge in [0.05, 0.1) is 0 Å². The van der Waals surface area contributed by atoms with Crippen LogP contribution < -0.4 is 0 Å². The van der Waals surface area contributed by atoms with E-state index in [0.29, 0.717) is 22.3 Å². The first kappa shape index (κ1) is 11.6. The molecule has 0 unspecified atom stereocenters. The third kappa shape index (κ3) is 1.32. The van der Waals surface area contributed by atoms with Crippen LogP contribution in [0.4, 0.5) is 0 Å². The molecule has 0 aromatic rings. The second-order valence-electron chi connectivity index (χ2n) is 4.16. The molecule has 0 aromatic carbocycles. The molecular formula is C11H15NO3. The van der Waals surface area contributed by atoms with Crippen molar-refractivity contribution < 1.29 is 9.72 Å². The maximum absolute atomic E-state index is 11.7. The normalized spacial score (nSPS) is 21.0. The molecule has 15 heavy (non-hydrogen) atoms. The van der Waals surface area contributed by atoms with Gasteiger partial charge < -0.3 is 0 Å². The fourth-order valence-electron chi connectivity index (χ4n) is 1.91. The zero-order chi connectivity index (χ0) is 12.0. The van der Waals surface area contributed by atoms with Gasteiger partial charge in [-0.25, -0.2) is 0 Å². The van der Waals surface area contributed by atoms with Crippen molar-refractivity contribution in [1.29, 1.82) is 0 Å². The summed E-state index contributed by atoms with van der Waals surface area (Å²) >= 11 is 0. The summed E-state index contributed by atoms with van der Waals surface area (Å²) in [6, 6.07) is 0. The third-order valence-electron chi connectivity index (χ3n) is 3.63. The van der Waals surface area contributed by atoms with Crippen molar-refractivity contribution in [3.8, 4) is 0 Å². The molecule has 4 heteroatoms. The van der Waals surface area contributed by atoms with Gasteiger partial charge in [-0.05, 0) is 27.7 Å². The largest absolute Gasteiger partial charge is 0.289 e. The van der Waals surface area contributed by atoms with Crippen LogP contribution in [0.3, 0.4) is 0 Å². The number of ketones is 1. The van der Waals surface area contributed by atoms with Crippen LogP contribution in [0.1, 0.15) is 34.6 Å². The Labute approximate surface area is 88.8 Å². The van der Waals surface area contributed by atoms with Gasteiger partial charge in [-0.1, -0.05) is 0 Å². The summed E-state index contributed by atoms with van der Waals surface area (Å²) in [4.78, 5) is 22.5. The van der Waals surface area contributed by atoms with E-state index in [9.17, 15) is 14.9 Å². The first-order chi connectivity index (χ1) is 6.74. The lowest BCUT2D eigenvalue weighted by atomic mass is 9.75. The van der Waals surface area contributed by atoms with Gasteiger partial charge in [0.1, 0.15) is 0 Å². The molecule has 0 heterocycles. The molecule has 0 atom stereocenters. The minimum Gasteiger partial charge on any atom is -0.289 e. The summed E-state index contributed by atoms with van der Waals surface area (Å²) in [7, 11) is 0. The molecule has 1 aliphatic carbocycles. The van der Waals surface area contributed by atoms with Crippen LogP contribution in [0.5, 0.6) is 0 Å². The van der Waals surface area contributed by atoms with Crippen LogP contribution in [-0.4, -0.2) is 16.2 Å². The lowest BCUT2D eigenvalue weighted by molar-refractivity contribution is -0.542. The summed E-state index contributed by atoms with van der Waals surface area (Å²) in [5.74, 6) is -0.0793. The Morgan fingerprint density at radius 3 is 1.67 bits per heavy atom. The van der Waals surface area contributed by atoms with Crippen LogP contribution in [0.25, 0.3) is 0 Å². The van der Waals surface area contributed by atoms with Crippen LogP contribution >= 0.6 is 0 Å². The molecule has 0 radical (unpaired) electrons. The van der Waals surface area contributed by atoms with E-state index in [0.717, 1.165) is 0 Å². The molecule has 0 aromatic heterocycles. The number of Topliss-reactive ketones (excluding diaryl/α,β-unsaturated/α-hetero) is 1. The van der Waals surface area contributed by atoms with Gasteiger partial charge in [-0.2, -0.15) is 0 Å². The van der Waals surface area contributed by atoms with Gasteiger partial charge in [0.25, 0.3) is 5.54 Å². The Balaban J connectivity index is 3.54. The van der Waals surface area contributed by atoms with Gasteiger partial charge in [-0.15, -0.1) is 0 Å². The van der Waals surface area contributed by atoms with Crippen molar-refractivity contribution in [3.63, 3.8) is 0 Å². The van der Waals surface area contributed by atoms with Gasteiger partial charge in [0.2, 0.25) is 0 Å². The fourth-order valence-corrected chi connectivity index (χ4v) is 1.91. The molecular weight excluding hydrogens is 194 g/mol. The summed E-state index contributed by atoms with van der Waals surface area (Å²) in [6.07, 6.45) is 0. The molecule has 0 aliphatic heterocycles. The number of carbonyl (C=O) groups excluding carboxylic acids is 1. The van der Waals surface area contributed by atoms with E-state index in [1.807, 2.05) is 0 Å². The smallest absolute Gasteiger partial charge is 0.262 e. The molecule has 0 saturated carbocycles. The molecule has 1 rings (SSSR count). The van der Waals surface area contributed by atoms with Crippen LogP contribution in [-0.2, 0) is 4.79 Å². The minimum atomic E-state index is -1.22. The Hall–Kier alpha value is -1.45. The molecule has 0 N–H and O–H groups in total. The Kier molecular flexibility index (Phi) is 2.55. The minimum absolute atomic E-state index is 0.0793. The maximum atomic E-state index is 11.7. The molecule has 0 spiro atoms. The zero-order valence-corrected chi connectivity index (χ0v) is 9.67. The molecule has 0 saturated heterocycles. The molecule has 0 fully saturated rings. The molecule has 4 nitrogen and oxygen atoms in total. The average Bonchev–Trinajstić information content (AvgIpc) is 2.20. The lowest BCUT2D eigenvalue weighted by Crippen LogP contribution is -2.42. The SMILES string of the molecule is CC1=C(C)C(C)([N+](=O)[O-])C(C)=C(C)C1=O. The second kappa shape index (κ2) is 3.29. The van der Waals surface area contributed by atoms with Crippen molar-refractivity contribution in [2.45, 2.75) is 40.2 Å². The van der Waals surface area contributed by atoms with E-state index in [1.54, 1.807) is 34.6 Å². The first-order valence-corrected chi connectivity index (χ1v) is 4.79. The monoisotopic (exact) mass is 209 g/mol. The van der Waals surface area contributed by atoms with Crippen molar-refractivity contribution in [1.82, 2.24) is 0 Å². The van der Waals surface area contributed by atoms with Crippen molar-refractivity contribution in [3.05, 3.63) is 32.4 Å². The van der Waals surface area contributed by atoms with Crippen molar-refractivity contribution >= 4 is 5.78 Å². The highest BCUT2D eigenvalue weighted by molar-refractivity contribution is 6.10. The lowest BCUT2D eigenvalue weighted by Gasteiger charge is -2.29. The van der Waals surface area contributed by atoms with E-state index in [2.05, 4.69) is 0 Å². The van der Waals surface area contributed by atoms with Gasteiger partial charge >= 0.3 is 0 Å². The quantitative estimate of drug-likeness (QED) is 0.491. The molecule has 82 valence electrons. The predicted molar refractivity (Wildman–Crippen MR) is 57.2 cm³/mol. The standard InChI is InChI=1S/C11H15NO3/c1-6-8(3)11(5,12(14)15)9(4)7(2)10(6)13/h1-5H3. The summed E-state index contributed by atoms with van der Waals surface area (Å²) in [5.41, 5.74) is 0.859. The highest BCUT2D eigenvalue weighted by atomic mass is 16.6.